The van der Waals surface area contributed by atoms with E-state index in [0.717, 1.165) is 0 Å². The molecule has 0 saturated heterocycles. The average molecular weight is 350 g/mol. The molecule has 0 aliphatic carbocycles. The number of nitrogens with one attached hydrogen (secondary N) is 2. The minimum absolute atomic E-state index is 0.315. The molecule has 0 atom stereocenters. The first-order valence-corrected chi connectivity index (χ1v) is 7.80. The van der Waals surface area contributed by atoms with Gasteiger partial charge in [-0.15, -0.1) is 0 Å². The first-order chi connectivity index (χ1) is 12.6. The van der Waals surface area contributed by atoms with Crippen molar-refractivity contribution in [1.82, 2.24) is 0 Å². The molecule has 0 saturated carbocycles. The van der Waals surface area contributed by atoms with Crippen molar-refractivity contribution in [3.63, 3.8) is 0 Å². The lowest BCUT2D eigenvalue weighted by molar-refractivity contribution is -0.111. The Morgan fingerprint density at radius 3 is 2.19 bits per heavy atom. The van der Waals surface area contributed by atoms with E-state index in [1.165, 1.54) is 36.6 Å². The van der Waals surface area contributed by atoms with E-state index in [0.29, 0.717) is 22.7 Å². The summed E-state index contributed by atoms with van der Waals surface area (Å²) in [5, 5.41) is 5.35. The smallest absolute Gasteiger partial charge is 0.255 e. The third kappa shape index (κ3) is 4.67. The molecule has 5 nitrogen and oxygen atoms in total. The van der Waals surface area contributed by atoms with Gasteiger partial charge in [-0.05, 0) is 66.7 Å². The van der Waals surface area contributed by atoms with E-state index in [2.05, 4.69) is 10.6 Å². The van der Waals surface area contributed by atoms with Gasteiger partial charge in [0.1, 0.15) is 11.6 Å². The molecule has 0 spiro atoms. The van der Waals surface area contributed by atoms with Gasteiger partial charge in [-0.25, -0.2) is 4.39 Å². The second-order valence-corrected chi connectivity index (χ2v) is 5.38. The van der Waals surface area contributed by atoms with Gasteiger partial charge in [-0.2, -0.15) is 0 Å². The van der Waals surface area contributed by atoms with Crippen LogP contribution in [0.2, 0.25) is 0 Å². The van der Waals surface area contributed by atoms with Gasteiger partial charge in [-0.3, -0.25) is 9.59 Å². The molecule has 1 heterocycles. The number of carbonyl (C=O) groups is 2. The SMILES string of the molecule is O=C(C=Cc1ccco1)Nc1ccc(C(=O)Nc2ccc(F)cc2)cc1. The summed E-state index contributed by atoms with van der Waals surface area (Å²) in [6.45, 7) is 0. The number of furan rings is 1. The summed E-state index contributed by atoms with van der Waals surface area (Å²) in [5.74, 6) is -0.436. The van der Waals surface area contributed by atoms with Crippen LogP contribution in [-0.4, -0.2) is 11.8 Å². The maximum atomic E-state index is 12.9. The van der Waals surface area contributed by atoms with Gasteiger partial charge >= 0.3 is 0 Å². The number of benzene rings is 2. The van der Waals surface area contributed by atoms with Crippen LogP contribution in [0, 0.1) is 5.82 Å². The molecule has 26 heavy (non-hydrogen) atoms. The van der Waals surface area contributed by atoms with Crippen LogP contribution < -0.4 is 10.6 Å². The Hall–Kier alpha value is -3.67. The van der Waals surface area contributed by atoms with Crippen LogP contribution in [0.3, 0.4) is 0 Å². The molecule has 0 bridgehead atoms. The first kappa shape index (κ1) is 17.2. The van der Waals surface area contributed by atoms with Crippen molar-refractivity contribution < 1.29 is 18.4 Å². The predicted molar refractivity (Wildman–Crippen MR) is 97.2 cm³/mol. The monoisotopic (exact) mass is 350 g/mol. The minimum atomic E-state index is -0.371. The van der Waals surface area contributed by atoms with Crippen molar-refractivity contribution in [3.05, 3.63) is 90.1 Å². The van der Waals surface area contributed by atoms with Crippen LogP contribution >= 0.6 is 0 Å². The Bertz CT molecular complexity index is 915. The zero-order valence-electron chi connectivity index (χ0n) is 13.6. The quantitative estimate of drug-likeness (QED) is 0.673. The predicted octanol–water partition coefficient (Wildman–Crippen LogP) is 4.32. The zero-order chi connectivity index (χ0) is 18.4. The summed E-state index contributed by atoms with van der Waals surface area (Å²) in [5.41, 5.74) is 1.47. The van der Waals surface area contributed by atoms with E-state index in [4.69, 9.17) is 4.42 Å². The van der Waals surface area contributed by atoms with Crippen molar-refractivity contribution in [3.8, 4) is 0 Å². The third-order valence-electron chi connectivity index (χ3n) is 3.46. The lowest BCUT2D eigenvalue weighted by Crippen LogP contribution is -2.12. The molecule has 130 valence electrons. The molecule has 0 aliphatic rings. The molecule has 3 aromatic rings. The van der Waals surface area contributed by atoms with Gasteiger partial charge in [0.25, 0.3) is 5.91 Å². The zero-order valence-corrected chi connectivity index (χ0v) is 13.6. The molecule has 3 rings (SSSR count). The van der Waals surface area contributed by atoms with Gasteiger partial charge in [0, 0.05) is 23.0 Å². The number of hydrogen-bond donors (Lipinski definition) is 2. The molecule has 0 aliphatic heterocycles. The van der Waals surface area contributed by atoms with E-state index in [9.17, 15) is 14.0 Å². The summed E-state index contributed by atoms with van der Waals surface area (Å²) in [4.78, 5) is 24.0. The van der Waals surface area contributed by atoms with Crippen LogP contribution in [0.4, 0.5) is 15.8 Å². The minimum Gasteiger partial charge on any atom is -0.465 e. The average Bonchev–Trinajstić information content (AvgIpc) is 3.16. The van der Waals surface area contributed by atoms with E-state index >= 15 is 0 Å². The number of amides is 2. The molecule has 0 fully saturated rings. The summed E-state index contributed by atoms with van der Waals surface area (Å²) >= 11 is 0. The lowest BCUT2D eigenvalue weighted by atomic mass is 10.2. The van der Waals surface area contributed by atoms with Crippen LogP contribution in [0.1, 0.15) is 16.1 Å². The van der Waals surface area contributed by atoms with Gasteiger partial charge < -0.3 is 15.1 Å². The van der Waals surface area contributed by atoms with Gasteiger partial charge in [0.2, 0.25) is 5.91 Å². The second kappa shape index (κ2) is 7.94. The van der Waals surface area contributed by atoms with Crippen molar-refractivity contribution in [1.29, 1.82) is 0 Å². The highest BCUT2D eigenvalue weighted by Gasteiger charge is 2.07. The Morgan fingerprint density at radius 1 is 0.885 bits per heavy atom. The number of carbonyl (C=O) groups excluding carboxylic acids is 2. The van der Waals surface area contributed by atoms with E-state index in [1.807, 2.05) is 0 Å². The van der Waals surface area contributed by atoms with Gasteiger partial charge in [0.15, 0.2) is 0 Å². The van der Waals surface area contributed by atoms with Crippen molar-refractivity contribution >= 4 is 29.3 Å². The Balaban J connectivity index is 1.58. The summed E-state index contributed by atoms with van der Waals surface area (Å²) < 4.78 is 18.0. The molecule has 2 amide bonds. The highest BCUT2D eigenvalue weighted by atomic mass is 19.1. The fourth-order valence-corrected chi connectivity index (χ4v) is 2.17. The summed E-state index contributed by atoms with van der Waals surface area (Å²) in [6.07, 6.45) is 4.43. The maximum absolute atomic E-state index is 12.9. The van der Waals surface area contributed by atoms with E-state index in [1.54, 1.807) is 42.5 Å². The van der Waals surface area contributed by atoms with Crippen molar-refractivity contribution in [2.24, 2.45) is 0 Å². The van der Waals surface area contributed by atoms with Crippen LogP contribution in [0.5, 0.6) is 0 Å². The fraction of sp³-hybridized carbons (Fsp3) is 0. The lowest BCUT2D eigenvalue weighted by Gasteiger charge is -2.06. The molecule has 2 aromatic carbocycles. The second-order valence-electron chi connectivity index (χ2n) is 5.38. The highest BCUT2D eigenvalue weighted by molar-refractivity contribution is 6.05. The normalized spacial score (nSPS) is 10.7. The Kier molecular flexibility index (Phi) is 5.24. The van der Waals surface area contributed by atoms with Crippen LogP contribution in [-0.2, 0) is 4.79 Å². The number of rotatable bonds is 5. The topological polar surface area (TPSA) is 71.3 Å². The molecular weight excluding hydrogens is 335 g/mol. The standard InChI is InChI=1S/C20H15FN2O3/c21-15-5-9-17(10-6-15)23-20(25)14-3-7-16(8-4-14)22-19(24)12-11-18-2-1-13-26-18/h1-13H,(H,22,24)(H,23,25). The summed E-state index contributed by atoms with van der Waals surface area (Å²) in [6, 6.07) is 15.4. The Labute approximate surface area is 149 Å². The number of halogens is 1. The van der Waals surface area contributed by atoms with Crippen LogP contribution in [0.15, 0.2) is 77.4 Å². The molecule has 0 unspecified atom stereocenters. The third-order valence-corrected chi connectivity index (χ3v) is 3.46. The molecule has 0 radical (unpaired) electrons. The van der Waals surface area contributed by atoms with E-state index in [-0.39, 0.29) is 17.6 Å². The number of hydrogen-bond acceptors (Lipinski definition) is 3. The number of anilines is 2. The maximum Gasteiger partial charge on any atom is 0.255 e. The van der Waals surface area contributed by atoms with E-state index < -0.39 is 0 Å². The Morgan fingerprint density at radius 2 is 1.54 bits per heavy atom. The van der Waals surface area contributed by atoms with Gasteiger partial charge in [-0.1, -0.05) is 0 Å². The molecule has 2 N–H and O–H groups in total. The van der Waals surface area contributed by atoms with Crippen molar-refractivity contribution in [2.45, 2.75) is 0 Å². The van der Waals surface area contributed by atoms with Gasteiger partial charge in [0.05, 0.1) is 6.26 Å². The molecule has 1 aromatic heterocycles. The fourth-order valence-electron chi connectivity index (χ4n) is 2.17. The first-order valence-electron chi connectivity index (χ1n) is 7.80. The largest absolute Gasteiger partial charge is 0.465 e. The van der Waals surface area contributed by atoms with Crippen molar-refractivity contribution in [2.75, 3.05) is 10.6 Å². The highest BCUT2D eigenvalue weighted by Crippen LogP contribution is 2.13. The molecule has 6 heteroatoms. The van der Waals surface area contributed by atoms with Crippen LogP contribution in [0.25, 0.3) is 6.08 Å². The summed E-state index contributed by atoms with van der Waals surface area (Å²) in [7, 11) is 0. The molecular formula is C20H15FN2O3.